The lowest BCUT2D eigenvalue weighted by Gasteiger charge is -2.29. The average Bonchev–Trinajstić information content (AvgIpc) is 3.32. The molecule has 3 aromatic rings. The van der Waals surface area contributed by atoms with E-state index < -0.39 is 0 Å². The summed E-state index contributed by atoms with van der Waals surface area (Å²) in [5, 5.41) is 18.9. The largest absolute Gasteiger partial charge is 0.507 e. The topological polar surface area (TPSA) is 76.3 Å². The van der Waals surface area contributed by atoms with Crippen LogP contribution in [0.15, 0.2) is 49.1 Å². The van der Waals surface area contributed by atoms with Crippen LogP contribution in [0.25, 0.3) is 16.9 Å². The predicted molar refractivity (Wildman–Crippen MR) is 99.8 cm³/mol. The van der Waals surface area contributed by atoms with Crippen molar-refractivity contribution in [1.29, 1.82) is 0 Å². The van der Waals surface area contributed by atoms with E-state index in [1.54, 1.807) is 18.6 Å². The lowest BCUT2D eigenvalue weighted by atomic mass is 9.99. The maximum atomic E-state index is 10.4. The highest BCUT2D eigenvalue weighted by Gasteiger charge is 2.33. The van der Waals surface area contributed by atoms with Gasteiger partial charge in [-0.1, -0.05) is 0 Å². The van der Waals surface area contributed by atoms with Crippen molar-refractivity contribution in [1.82, 2.24) is 24.6 Å². The zero-order chi connectivity index (χ0) is 18.2. The van der Waals surface area contributed by atoms with Gasteiger partial charge in [0, 0.05) is 43.2 Å². The summed E-state index contributed by atoms with van der Waals surface area (Å²) in [6.45, 7) is 3.36. The monoisotopic (exact) mass is 363 g/mol. The molecule has 4 heterocycles. The number of hydrogen-bond donors (Lipinski definition) is 1. The number of aromatic hydroxyl groups is 1. The third-order valence-electron chi connectivity index (χ3n) is 5.42. The molecule has 0 spiro atoms. The quantitative estimate of drug-likeness (QED) is 0.768. The van der Waals surface area contributed by atoms with Crippen molar-refractivity contribution in [2.45, 2.75) is 18.9 Å². The third kappa shape index (κ3) is 3.26. The van der Waals surface area contributed by atoms with Crippen LogP contribution < -0.4 is 4.74 Å². The molecule has 0 saturated carbocycles. The maximum Gasteiger partial charge on any atom is 0.233 e. The van der Waals surface area contributed by atoms with Crippen LogP contribution in [0.5, 0.6) is 11.6 Å². The smallest absolute Gasteiger partial charge is 0.233 e. The molecule has 0 radical (unpaired) electrons. The van der Waals surface area contributed by atoms with Crippen molar-refractivity contribution in [2.75, 3.05) is 19.6 Å². The fourth-order valence-electron chi connectivity index (χ4n) is 4.10. The van der Waals surface area contributed by atoms with Gasteiger partial charge in [-0.3, -0.25) is 4.90 Å². The zero-order valence-electron chi connectivity index (χ0n) is 14.9. The molecular weight excluding hydrogens is 342 g/mol. The van der Waals surface area contributed by atoms with Crippen molar-refractivity contribution in [2.24, 2.45) is 5.92 Å². The SMILES string of the molecule is Oc1cc(-n2ccnc2)ccc1-c1ccc(OC2CC3CCN(C3)C2)nn1. The Kier molecular flexibility index (Phi) is 4.01. The van der Waals surface area contributed by atoms with Crippen LogP contribution in [0.4, 0.5) is 0 Å². The van der Waals surface area contributed by atoms with E-state index in [1.807, 2.05) is 35.0 Å². The maximum absolute atomic E-state index is 10.4. The first-order chi connectivity index (χ1) is 13.2. The molecule has 1 N–H and O–H groups in total. The van der Waals surface area contributed by atoms with E-state index >= 15 is 0 Å². The molecule has 0 aliphatic carbocycles. The molecule has 3 atom stereocenters. The third-order valence-corrected chi connectivity index (χ3v) is 5.42. The fraction of sp³-hybridized carbons (Fsp3) is 0.350. The Balaban J connectivity index is 1.31. The molecule has 1 aromatic carbocycles. The highest BCUT2D eigenvalue weighted by molar-refractivity contribution is 5.68. The Morgan fingerprint density at radius 2 is 2.07 bits per heavy atom. The number of hydrogen-bond acceptors (Lipinski definition) is 6. The number of aromatic nitrogens is 4. The molecule has 7 nitrogen and oxygen atoms in total. The second kappa shape index (κ2) is 6.66. The van der Waals surface area contributed by atoms with Gasteiger partial charge in [-0.15, -0.1) is 10.2 Å². The van der Waals surface area contributed by atoms with Gasteiger partial charge in [-0.05, 0) is 43.5 Å². The van der Waals surface area contributed by atoms with Gasteiger partial charge in [-0.2, -0.15) is 0 Å². The van der Waals surface area contributed by atoms with Gasteiger partial charge in [0.25, 0.3) is 0 Å². The van der Waals surface area contributed by atoms with Crippen molar-refractivity contribution >= 4 is 0 Å². The van der Waals surface area contributed by atoms with Gasteiger partial charge in [0.15, 0.2) is 0 Å². The van der Waals surface area contributed by atoms with E-state index in [4.69, 9.17) is 4.74 Å². The molecule has 138 valence electrons. The molecule has 7 heteroatoms. The first kappa shape index (κ1) is 16.3. The summed E-state index contributed by atoms with van der Waals surface area (Å²) in [4.78, 5) is 6.48. The lowest BCUT2D eigenvalue weighted by molar-refractivity contribution is 0.0930. The number of nitrogens with zero attached hydrogens (tertiary/aromatic N) is 5. The van der Waals surface area contributed by atoms with E-state index in [0.29, 0.717) is 17.1 Å². The molecule has 3 unspecified atom stereocenters. The summed E-state index contributed by atoms with van der Waals surface area (Å²) in [7, 11) is 0. The highest BCUT2D eigenvalue weighted by atomic mass is 16.5. The molecule has 2 aromatic heterocycles. The summed E-state index contributed by atoms with van der Waals surface area (Å²) in [6.07, 6.45) is 7.77. The normalized spacial score (nSPS) is 24.1. The van der Waals surface area contributed by atoms with Crippen molar-refractivity contribution in [3.63, 3.8) is 0 Å². The minimum absolute atomic E-state index is 0.154. The van der Waals surface area contributed by atoms with E-state index in [-0.39, 0.29) is 11.9 Å². The van der Waals surface area contributed by atoms with E-state index in [1.165, 1.54) is 19.5 Å². The van der Waals surface area contributed by atoms with Crippen LogP contribution in [0.2, 0.25) is 0 Å². The average molecular weight is 363 g/mol. The van der Waals surface area contributed by atoms with E-state index in [2.05, 4.69) is 20.1 Å². The van der Waals surface area contributed by atoms with Gasteiger partial charge in [0.2, 0.25) is 5.88 Å². The van der Waals surface area contributed by atoms with Gasteiger partial charge < -0.3 is 14.4 Å². The molecular formula is C20H21N5O2. The summed E-state index contributed by atoms with van der Waals surface area (Å²) < 4.78 is 7.87. The fourth-order valence-corrected chi connectivity index (χ4v) is 4.10. The molecule has 2 aliphatic rings. The predicted octanol–water partition coefficient (Wildman–Crippen LogP) is 2.51. The molecule has 5 rings (SSSR count). The number of ether oxygens (including phenoxy) is 1. The van der Waals surface area contributed by atoms with Gasteiger partial charge in [-0.25, -0.2) is 4.98 Å². The Bertz CT molecular complexity index is 914. The van der Waals surface area contributed by atoms with Crippen LogP contribution in [-0.4, -0.2) is 55.5 Å². The van der Waals surface area contributed by atoms with Crippen molar-refractivity contribution < 1.29 is 9.84 Å². The Hall–Kier alpha value is -2.93. The molecule has 0 amide bonds. The Morgan fingerprint density at radius 1 is 1.11 bits per heavy atom. The molecule has 2 bridgehead atoms. The number of piperidine rings is 1. The summed E-state index contributed by atoms with van der Waals surface area (Å²) in [5.74, 6) is 1.45. The second-order valence-electron chi connectivity index (χ2n) is 7.32. The first-order valence-electron chi connectivity index (χ1n) is 9.29. The highest BCUT2D eigenvalue weighted by Crippen LogP contribution is 2.31. The van der Waals surface area contributed by atoms with Crippen LogP contribution in [0.1, 0.15) is 12.8 Å². The molecule has 27 heavy (non-hydrogen) atoms. The van der Waals surface area contributed by atoms with Crippen molar-refractivity contribution in [3.8, 4) is 28.6 Å². The Morgan fingerprint density at radius 3 is 2.81 bits per heavy atom. The standard InChI is InChI=1S/C20H21N5O2/c26-19-10-15(25-8-6-21-13-25)1-2-17(19)18-3-4-20(23-22-18)27-16-9-14-5-7-24(11-14)12-16/h1-4,6,8,10,13-14,16,26H,5,7,9,11-12H2. The van der Waals surface area contributed by atoms with Crippen LogP contribution in [0, 0.1) is 5.92 Å². The number of phenols is 1. The van der Waals surface area contributed by atoms with Gasteiger partial charge in [0.1, 0.15) is 11.9 Å². The van der Waals surface area contributed by atoms with Crippen molar-refractivity contribution in [3.05, 3.63) is 49.1 Å². The second-order valence-corrected chi connectivity index (χ2v) is 7.32. The van der Waals surface area contributed by atoms with E-state index in [0.717, 1.165) is 24.6 Å². The van der Waals surface area contributed by atoms with Crippen LogP contribution in [-0.2, 0) is 0 Å². The first-order valence-corrected chi connectivity index (χ1v) is 9.29. The zero-order valence-corrected chi connectivity index (χ0v) is 14.9. The minimum Gasteiger partial charge on any atom is -0.507 e. The van der Waals surface area contributed by atoms with Crippen LogP contribution >= 0.6 is 0 Å². The summed E-state index contributed by atoms with van der Waals surface area (Å²) >= 11 is 0. The molecule has 2 fully saturated rings. The number of benzene rings is 1. The Labute approximate surface area is 157 Å². The minimum atomic E-state index is 0.154. The van der Waals surface area contributed by atoms with Gasteiger partial charge in [0.05, 0.1) is 17.7 Å². The van der Waals surface area contributed by atoms with Gasteiger partial charge >= 0.3 is 0 Å². The summed E-state index contributed by atoms with van der Waals surface area (Å²) in [5.41, 5.74) is 2.09. The number of imidazole rings is 1. The number of fused-ring (bicyclic) bond motifs is 2. The van der Waals surface area contributed by atoms with Crippen LogP contribution in [0.3, 0.4) is 0 Å². The molecule has 2 saturated heterocycles. The summed E-state index contributed by atoms with van der Waals surface area (Å²) in [6, 6.07) is 9.11. The number of phenolic OH excluding ortho intramolecular Hbond substituents is 1. The lowest BCUT2D eigenvalue weighted by Crippen LogP contribution is -2.39. The number of rotatable bonds is 4. The molecule has 2 aliphatic heterocycles. The van der Waals surface area contributed by atoms with E-state index in [9.17, 15) is 5.11 Å².